The number of rotatable bonds is 8. The van der Waals surface area contributed by atoms with Gasteiger partial charge in [-0.3, -0.25) is 0 Å². The van der Waals surface area contributed by atoms with Gasteiger partial charge in [0, 0.05) is 24.2 Å². The molecule has 174 valence electrons. The van der Waals surface area contributed by atoms with Crippen LogP contribution in [0.25, 0.3) is 44.8 Å². The fourth-order valence-electron chi connectivity index (χ4n) is 4.52. The average Bonchev–Trinajstić information content (AvgIpc) is 3.37. The van der Waals surface area contributed by atoms with E-state index in [4.69, 9.17) is 9.97 Å². The highest BCUT2D eigenvalue weighted by atomic mass is 19.1. The summed E-state index contributed by atoms with van der Waals surface area (Å²) >= 11 is 0. The van der Waals surface area contributed by atoms with Crippen LogP contribution in [0.5, 0.6) is 0 Å². The van der Waals surface area contributed by atoms with Gasteiger partial charge in [-0.2, -0.15) is 0 Å². The number of benzene rings is 3. The molecule has 0 unspecified atom stereocenters. The van der Waals surface area contributed by atoms with Crippen molar-refractivity contribution in [2.45, 2.75) is 52.6 Å². The molecule has 5 rings (SSSR count). The van der Waals surface area contributed by atoms with Crippen molar-refractivity contribution in [3.05, 3.63) is 72.3 Å². The quantitative estimate of drug-likeness (QED) is 0.240. The molecule has 0 amide bonds. The summed E-state index contributed by atoms with van der Waals surface area (Å²) in [7, 11) is 0. The van der Waals surface area contributed by atoms with Gasteiger partial charge in [0.05, 0.1) is 22.1 Å². The van der Waals surface area contributed by atoms with Crippen molar-refractivity contribution in [1.29, 1.82) is 0 Å². The van der Waals surface area contributed by atoms with E-state index in [-0.39, 0.29) is 11.6 Å². The van der Waals surface area contributed by atoms with Crippen LogP contribution < -0.4 is 0 Å². The molecule has 34 heavy (non-hydrogen) atoms. The molecule has 2 aromatic heterocycles. The first-order valence-corrected chi connectivity index (χ1v) is 12.0. The van der Waals surface area contributed by atoms with Crippen LogP contribution in [0, 0.1) is 11.6 Å². The zero-order chi connectivity index (χ0) is 23.7. The van der Waals surface area contributed by atoms with Gasteiger partial charge in [-0.1, -0.05) is 51.0 Å². The lowest BCUT2D eigenvalue weighted by molar-refractivity contribution is 0.626. The second kappa shape index (κ2) is 9.37. The molecule has 0 radical (unpaired) electrons. The highest BCUT2D eigenvalue weighted by molar-refractivity contribution is 5.95. The second-order valence-electron chi connectivity index (χ2n) is 8.73. The summed E-state index contributed by atoms with van der Waals surface area (Å²) in [6.07, 6.45) is 4.08. The van der Waals surface area contributed by atoms with Crippen molar-refractivity contribution < 1.29 is 8.78 Å². The molecule has 0 N–H and O–H groups in total. The normalized spacial score (nSPS) is 11.6. The Bertz CT molecular complexity index is 1360. The summed E-state index contributed by atoms with van der Waals surface area (Å²) in [4.78, 5) is 9.80. The van der Waals surface area contributed by atoms with Crippen molar-refractivity contribution in [2.24, 2.45) is 0 Å². The van der Waals surface area contributed by atoms with Gasteiger partial charge in [0.25, 0.3) is 0 Å². The molecule has 2 heterocycles. The van der Waals surface area contributed by atoms with Crippen LogP contribution in [0.15, 0.2) is 60.7 Å². The molecule has 0 saturated carbocycles. The van der Waals surface area contributed by atoms with Gasteiger partial charge in [-0.25, -0.2) is 18.7 Å². The van der Waals surface area contributed by atoms with E-state index in [1.807, 2.05) is 18.2 Å². The summed E-state index contributed by atoms with van der Waals surface area (Å²) in [5.74, 6) is 0.982. The van der Waals surface area contributed by atoms with Gasteiger partial charge in [0.1, 0.15) is 23.3 Å². The third-order valence-corrected chi connectivity index (χ3v) is 6.25. The van der Waals surface area contributed by atoms with E-state index in [0.717, 1.165) is 83.6 Å². The first-order chi connectivity index (χ1) is 16.6. The lowest BCUT2D eigenvalue weighted by atomic mass is 10.2. The number of aryl methyl sites for hydroxylation is 2. The Hall–Kier alpha value is -3.54. The number of nitrogens with zero attached hydrogens (tertiary/aromatic N) is 4. The number of hydrogen-bond acceptors (Lipinski definition) is 2. The van der Waals surface area contributed by atoms with Gasteiger partial charge in [0.2, 0.25) is 0 Å². The van der Waals surface area contributed by atoms with E-state index in [9.17, 15) is 8.78 Å². The Morgan fingerprint density at radius 2 is 1.12 bits per heavy atom. The SMILES string of the molecule is CCCCn1c(-c2cccc(F)c2)nc2cc3nc(-c4cccc(F)c4)n(CCCC)c3cc21. The molecule has 0 atom stereocenters. The van der Waals surface area contributed by atoms with Crippen molar-refractivity contribution in [1.82, 2.24) is 19.1 Å². The van der Waals surface area contributed by atoms with Crippen LogP contribution in [-0.4, -0.2) is 19.1 Å². The second-order valence-corrected chi connectivity index (χ2v) is 8.73. The van der Waals surface area contributed by atoms with Crippen LogP contribution in [-0.2, 0) is 13.1 Å². The Labute approximate surface area is 197 Å². The molecule has 0 aliphatic rings. The third-order valence-electron chi connectivity index (χ3n) is 6.25. The summed E-state index contributed by atoms with van der Waals surface area (Å²) in [6.45, 7) is 5.91. The summed E-state index contributed by atoms with van der Waals surface area (Å²) < 4.78 is 32.4. The number of imidazole rings is 2. The van der Waals surface area contributed by atoms with E-state index < -0.39 is 0 Å². The Morgan fingerprint density at radius 3 is 1.53 bits per heavy atom. The van der Waals surface area contributed by atoms with Gasteiger partial charge >= 0.3 is 0 Å². The highest BCUT2D eigenvalue weighted by Gasteiger charge is 2.18. The molecule has 5 aromatic rings. The van der Waals surface area contributed by atoms with Crippen LogP contribution in [0.2, 0.25) is 0 Å². The Morgan fingerprint density at radius 1 is 0.647 bits per heavy atom. The van der Waals surface area contributed by atoms with E-state index in [1.54, 1.807) is 12.1 Å². The summed E-state index contributed by atoms with van der Waals surface area (Å²) in [6, 6.07) is 17.3. The van der Waals surface area contributed by atoms with Gasteiger partial charge in [-0.05, 0) is 49.2 Å². The molecule has 0 aliphatic carbocycles. The van der Waals surface area contributed by atoms with Gasteiger partial charge in [-0.15, -0.1) is 0 Å². The van der Waals surface area contributed by atoms with Crippen molar-refractivity contribution in [3.63, 3.8) is 0 Å². The van der Waals surface area contributed by atoms with Crippen molar-refractivity contribution in [3.8, 4) is 22.8 Å². The molecule has 0 saturated heterocycles. The zero-order valence-electron chi connectivity index (χ0n) is 19.6. The monoisotopic (exact) mass is 458 g/mol. The number of halogens is 2. The first kappa shape index (κ1) is 22.3. The Balaban J connectivity index is 1.74. The lowest BCUT2D eigenvalue weighted by Crippen LogP contribution is -2.02. The maximum atomic E-state index is 14.0. The zero-order valence-corrected chi connectivity index (χ0v) is 19.6. The number of unbranched alkanes of at least 4 members (excludes halogenated alkanes) is 2. The maximum Gasteiger partial charge on any atom is 0.141 e. The number of fused-ring (bicyclic) bond motifs is 2. The topological polar surface area (TPSA) is 35.6 Å². The Kier molecular flexibility index (Phi) is 6.14. The van der Waals surface area contributed by atoms with Gasteiger partial charge in [0.15, 0.2) is 0 Å². The molecule has 0 aliphatic heterocycles. The summed E-state index contributed by atoms with van der Waals surface area (Å²) in [5.41, 5.74) is 5.19. The van der Waals surface area contributed by atoms with E-state index in [1.165, 1.54) is 24.3 Å². The molecule has 4 nitrogen and oxygen atoms in total. The third kappa shape index (κ3) is 4.09. The number of aromatic nitrogens is 4. The highest BCUT2D eigenvalue weighted by Crippen LogP contribution is 2.32. The summed E-state index contributed by atoms with van der Waals surface area (Å²) in [5, 5.41) is 0. The molecule has 6 heteroatoms. The van der Waals surface area contributed by atoms with Gasteiger partial charge < -0.3 is 9.13 Å². The predicted molar refractivity (Wildman–Crippen MR) is 134 cm³/mol. The smallest absolute Gasteiger partial charge is 0.141 e. The van der Waals surface area contributed by atoms with E-state index in [2.05, 4.69) is 29.0 Å². The molecule has 3 aromatic carbocycles. The molecule has 0 spiro atoms. The van der Waals surface area contributed by atoms with Crippen LogP contribution in [0.4, 0.5) is 8.78 Å². The minimum Gasteiger partial charge on any atom is -0.324 e. The van der Waals surface area contributed by atoms with Crippen LogP contribution in [0.1, 0.15) is 39.5 Å². The van der Waals surface area contributed by atoms with Crippen molar-refractivity contribution >= 4 is 22.1 Å². The lowest BCUT2D eigenvalue weighted by Gasteiger charge is -2.11. The maximum absolute atomic E-state index is 14.0. The fraction of sp³-hybridized carbons (Fsp3) is 0.286. The van der Waals surface area contributed by atoms with Crippen LogP contribution in [0.3, 0.4) is 0 Å². The standard InChI is InChI=1S/C28H28F2N4/c1-3-5-13-33-25-18-26-24(17-23(25)31-27(33)19-9-7-11-21(29)15-19)32-28(34(26)14-6-4-2)20-10-8-12-22(30)16-20/h7-12,15-18H,3-6,13-14H2,1-2H3. The van der Waals surface area contributed by atoms with E-state index in [0.29, 0.717) is 0 Å². The predicted octanol–water partition coefficient (Wildman–Crippen LogP) is 7.60. The average molecular weight is 459 g/mol. The largest absolute Gasteiger partial charge is 0.324 e. The van der Waals surface area contributed by atoms with Crippen molar-refractivity contribution in [2.75, 3.05) is 0 Å². The minimum atomic E-state index is -0.274. The molecule has 0 bridgehead atoms. The fourth-order valence-corrected chi connectivity index (χ4v) is 4.52. The minimum absolute atomic E-state index is 0.274. The molecular weight excluding hydrogens is 430 g/mol. The first-order valence-electron chi connectivity index (χ1n) is 12.0. The van der Waals surface area contributed by atoms with Crippen LogP contribution >= 0.6 is 0 Å². The molecular formula is C28H28F2N4. The molecule has 0 fully saturated rings. The number of hydrogen-bond donors (Lipinski definition) is 0. The van der Waals surface area contributed by atoms with E-state index >= 15 is 0 Å².